The number of nitrogens with zero attached hydrogens (tertiary/aromatic N) is 4. The van der Waals surface area contributed by atoms with E-state index in [1.807, 2.05) is 0 Å². The summed E-state index contributed by atoms with van der Waals surface area (Å²) in [5.74, 6) is -0.0827. The summed E-state index contributed by atoms with van der Waals surface area (Å²) in [4.78, 5) is 19.9. The number of aromatic nitrogens is 4. The van der Waals surface area contributed by atoms with Gasteiger partial charge in [-0.3, -0.25) is 4.79 Å². The molecule has 0 aliphatic carbocycles. The molecular formula is C13H11N5O2. The van der Waals surface area contributed by atoms with Gasteiger partial charge in [0.1, 0.15) is 6.33 Å². The van der Waals surface area contributed by atoms with Crippen LogP contribution in [0.25, 0.3) is 16.8 Å². The highest BCUT2D eigenvalue weighted by molar-refractivity contribution is 6.03. The molecule has 0 fully saturated rings. The number of hydrogen-bond acceptors (Lipinski definition) is 5. The maximum absolute atomic E-state index is 11.6. The van der Waals surface area contributed by atoms with Gasteiger partial charge >= 0.3 is 0 Å². The molecule has 100 valence electrons. The molecule has 0 spiro atoms. The summed E-state index contributed by atoms with van der Waals surface area (Å²) < 4.78 is 6.68. The van der Waals surface area contributed by atoms with Crippen molar-refractivity contribution in [3.05, 3.63) is 42.5 Å². The standard InChI is InChI=1S/C13H11N5O2/c1-20-10-6-8(2-4-15-10)11-9(12(14)19)3-5-18-13(11)16-7-17-18/h2-7H,1H3,(H2,14,19). The highest BCUT2D eigenvalue weighted by atomic mass is 16.5. The van der Waals surface area contributed by atoms with Crippen LogP contribution >= 0.6 is 0 Å². The zero-order chi connectivity index (χ0) is 14.1. The van der Waals surface area contributed by atoms with E-state index < -0.39 is 5.91 Å². The van der Waals surface area contributed by atoms with E-state index in [4.69, 9.17) is 10.5 Å². The third-order valence-electron chi connectivity index (χ3n) is 2.95. The molecule has 1 amide bonds. The van der Waals surface area contributed by atoms with Crippen LogP contribution in [0.4, 0.5) is 0 Å². The number of pyridine rings is 2. The van der Waals surface area contributed by atoms with E-state index in [0.717, 1.165) is 5.56 Å². The van der Waals surface area contributed by atoms with E-state index in [0.29, 0.717) is 22.7 Å². The Morgan fingerprint density at radius 3 is 2.95 bits per heavy atom. The van der Waals surface area contributed by atoms with Crippen LogP contribution in [-0.4, -0.2) is 32.6 Å². The first-order valence-corrected chi connectivity index (χ1v) is 5.83. The summed E-state index contributed by atoms with van der Waals surface area (Å²) in [7, 11) is 1.53. The maximum Gasteiger partial charge on any atom is 0.249 e. The van der Waals surface area contributed by atoms with Crippen molar-refractivity contribution in [3.63, 3.8) is 0 Å². The van der Waals surface area contributed by atoms with Gasteiger partial charge in [0.05, 0.1) is 12.7 Å². The van der Waals surface area contributed by atoms with Crippen LogP contribution in [0, 0.1) is 0 Å². The maximum atomic E-state index is 11.6. The van der Waals surface area contributed by atoms with Crippen molar-refractivity contribution < 1.29 is 9.53 Å². The molecule has 0 bridgehead atoms. The van der Waals surface area contributed by atoms with Gasteiger partial charge in [0.2, 0.25) is 11.8 Å². The fraction of sp³-hybridized carbons (Fsp3) is 0.0769. The Kier molecular flexibility index (Phi) is 2.79. The molecule has 0 aliphatic rings. The monoisotopic (exact) mass is 269 g/mol. The normalized spacial score (nSPS) is 10.7. The van der Waals surface area contributed by atoms with Crippen LogP contribution in [0.15, 0.2) is 36.9 Å². The number of ether oxygens (including phenoxy) is 1. The van der Waals surface area contributed by atoms with E-state index in [2.05, 4.69) is 15.1 Å². The lowest BCUT2D eigenvalue weighted by atomic mass is 10.0. The van der Waals surface area contributed by atoms with Crippen molar-refractivity contribution in [2.45, 2.75) is 0 Å². The van der Waals surface area contributed by atoms with Crippen LogP contribution in [0.2, 0.25) is 0 Å². The molecular weight excluding hydrogens is 258 g/mol. The third-order valence-corrected chi connectivity index (χ3v) is 2.95. The minimum atomic E-state index is -0.527. The number of carbonyl (C=O) groups excluding carboxylic acids is 1. The van der Waals surface area contributed by atoms with E-state index >= 15 is 0 Å². The topological polar surface area (TPSA) is 95.4 Å². The molecule has 0 unspecified atom stereocenters. The SMILES string of the molecule is COc1cc(-c2c(C(N)=O)ccn3ncnc23)ccn1. The number of methoxy groups -OCH3 is 1. The van der Waals surface area contributed by atoms with E-state index in [1.165, 1.54) is 13.4 Å². The summed E-state index contributed by atoms with van der Waals surface area (Å²) in [5.41, 5.74) is 7.71. The number of nitrogens with two attached hydrogens (primary N) is 1. The van der Waals surface area contributed by atoms with Crippen molar-refractivity contribution in [1.29, 1.82) is 0 Å². The fourth-order valence-corrected chi connectivity index (χ4v) is 2.05. The summed E-state index contributed by atoms with van der Waals surface area (Å²) in [5, 5.41) is 4.05. The average molecular weight is 269 g/mol. The van der Waals surface area contributed by atoms with E-state index in [-0.39, 0.29) is 0 Å². The summed E-state index contributed by atoms with van der Waals surface area (Å²) in [6.45, 7) is 0. The predicted octanol–water partition coefficient (Wildman–Crippen LogP) is 0.899. The lowest BCUT2D eigenvalue weighted by Crippen LogP contribution is -2.13. The smallest absolute Gasteiger partial charge is 0.249 e. The molecule has 20 heavy (non-hydrogen) atoms. The quantitative estimate of drug-likeness (QED) is 0.762. The van der Waals surface area contributed by atoms with Crippen LogP contribution < -0.4 is 10.5 Å². The summed E-state index contributed by atoms with van der Waals surface area (Å²) in [6.07, 6.45) is 4.66. The summed E-state index contributed by atoms with van der Waals surface area (Å²) >= 11 is 0. The molecule has 0 radical (unpaired) electrons. The zero-order valence-electron chi connectivity index (χ0n) is 10.6. The van der Waals surface area contributed by atoms with Gasteiger partial charge in [-0.25, -0.2) is 14.5 Å². The number of amides is 1. The van der Waals surface area contributed by atoms with Crippen molar-refractivity contribution in [1.82, 2.24) is 19.6 Å². The van der Waals surface area contributed by atoms with Gasteiger partial charge in [-0.15, -0.1) is 0 Å². The van der Waals surface area contributed by atoms with E-state index in [1.54, 1.807) is 35.1 Å². The van der Waals surface area contributed by atoms with Gasteiger partial charge in [-0.05, 0) is 17.7 Å². The minimum Gasteiger partial charge on any atom is -0.481 e. The van der Waals surface area contributed by atoms with Crippen molar-refractivity contribution in [2.75, 3.05) is 7.11 Å². The van der Waals surface area contributed by atoms with Crippen LogP contribution in [0.1, 0.15) is 10.4 Å². The van der Waals surface area contributed by atoms with Crippen molar-refractivity contribution in [3.8, 4) is 17.0 Å². The average Bonchev–Trinajstić information content (AvgIpc) is 2.94. The fourth-order valence-electron chi connectivity index (χ4n) is 2.05. The van der Waals surface area contributed by atoms with Crippen LogP contribution in [-0.2, 0) is 0 Å². The lowest BCUT2D eigenvalue weighted by Gasteiger charge is -2.09. The zero-order valence-corrected chi connectivity index (χ0v) is 10.6. The molecule has 3 rings (SSSR count). The second-order valence-corrected chi connectivity index (χ2v) is 4.08. The van der Waals surface area contributed by atoms with Gasteiger partial charge in [-0.1, -0.05) is 0 Å². The number of rotatable bonds is 3. The molecule has 0 saturated carbocycles. The number of fused-ring (bicyclic) bond motifs is 1. The molecule has 3 aromatic rings. The second-order valence-electron chi connectivity index (χ2n) is 4.08. The van der Waals surface area contributed by atoms with Crippen LogP contribution in [0.3, 0.4) is 0 Å². The first-order chi connectivity index (χ1) is 9.70. The van der Waals surface area contributed by atoms with Gasteiger partial charge in [0, 0.05) is 24.0 Å². The predicted molar refractivity (Wildman–Crippen MR) is 71.3 cm³/mol. The number of hydrogen-bond donors (Lipinski definition) is 1. The first-order valence-electron chi connectivity index (χ1n) is 5.83. The second kappa shape index (κ2) is 4.61. The van der Waals surface area contributed by atoms with Gasteiger partial charge < -0.3 is 10.5 Å². The Balaban J connectivity index is 2.34. The molecule has 3 heterocycles. The van der Waals surface area contributed by atoms with Gasteiger partial charge in [-0.2, -0.15) is 5.10 Å². The van der Waals surface area contributed by atoms with E-state index in [9.17, 15) is 4.79 Å². The molecule has 0 atom stereocenters. The number of primary amides is 1. The molecule has 7 heteroatoms. The molecule has 0 saturated heterocycles. The Morgan fingerprint density at radius 1 is 1.35 bits per heavy atom. The van der Waals surface area contributed by atoms with Crippen LogP contribution in [0.5, 0.6) is 5.88 Å². The Labute approximate surface area is 114 Å². The minimum absolute atomic E-state index is 0.374. The highest BCUT2D eigenvalue weighted by Crippen LogP contribution is 2.28. The molecule has 2 N–H and O–H groups in total. The Bertz CT molecular complexity index is 796. The van der Waals surface area contributed by atoms with Crippen molar-refractivity contribution >= 4 is 11.6 Å². The molecule has 3 aromatic heterocycles. The van der Waals surface area contributed by atoms with Gasteiger partial charge in [0.25, 0.3) is 0 Å². The molecule has 0 aromatic carbocycles. The Morgan fingerprint density at radius 2 is 2.20 bits per heavy atom. The van der Waals surface area contributed by atoms with Crippen molar-refractivity contribution in [2.24, 2.45) is 5.73 Å². The molecule has 7 nitrogen and oxygen atoms in total. The molecule has 0 aliphatic heterocycles. The number of carbonyl (C=O) groups is 1. The lowest BCUT2D eigenvalue weighted by molar-refractivity contribution is 0.100. The largest absolute Gasteiger partial charge is 0.481 e. The van der Waals surface area contributed by atoms with Gasteiger partial charge in [0.15, 0.2) is 5.65 Å². The third kappa shape index (κ3) is 1.85. The Hall–Kier alpha value is -2.96. The highest BCUT2D eigenvalue weighted by Gasteiger charge is 2.16. The summed E-state index contributed by atoms with van der Waals surface area (Å²) in [6, 6.07) is 5.10. The first kappa shape index (κ1) is 12.1.